The summed E-state index contributed by atoms with van der Waals surface area (Å²) in [6, 6.07) is 21.2. The van der Waals surface area contributed by atoms with Crippen LogP contribution in [0.3, 0.4) is 0 Å². The molecular formula is C28H30FN3O2. The lowest BCUT2D eigenvalue weighted by atomic mass is 10.0. The first-order chi connectivity index (χ1) is 16.4. The van der Waals surface area contributed by atoms with Gasteiger partial charge in [0.1, 0.15) is 5.82 Å². The van der Waals surface area contributed by atoms with Crippen molar-refractivity contribution in [3.8, 4) is 0 Å². The summed E-state index contributed by atoms with van der Waals surface area (Å²) in [5.41, 5.74) is 3.90. The summed E-state index contributed by atoms with van der Waals surface area (Å²) < 4.78 is 13.5. The highest BCUT2D eigenvalue weighted by Crippen LogP contribution is 2.24. The quantitative estimate of drug-likeness (QED) is 0.552. The third-order valence-corrected chi connectivity index (χ3v) is 6.31. The molecule has 5 nitrogen and oxygen atoms in total. The van der Waals surface area contributed by atoms with Crippen molar-refractivity contribution in [2.45, 2.75) is 19.9 Å². The lowest BCUT2D eigenvalue weighted by molar-refractivity contribution is -0.132. The fourth-order valence-corrected chi connectivity index (χ4v) is 4.19. The predicted molar refractivity (Wildman–Crippen MR) is 132 cm³/mol. The molecule has 3 aromatic rings. The van der Waals surface area contributed by atoms with Crippen LogP contribution < -0.4 is 4.90 Å². The number of aryl methyl sites for hydroxylation is 1. The van der Waals surface area contributed by atoms with Gasteiger partial charge in [0.15, 0.2) is 0 Å². The predicted octanol–water partition coefficient (Wildman–Crippen LogP) is 4.30. The van der Waals surface area contributed by atoms with Crippen LogP contribution in [0, 0.1) is 12.7 Å². The number of rotatable bonds is 6. The largest absolute Gasteiger partial charge is 0.340 e. The van der Waals surface area contributed by atoms with Gasteiger partial charge in [0, 0.05) is 37.4 Å². The first kappa shape index (κ1) is 23.6. The van der Waals surface area contributed by atoms with Gasteiger partial charge in [-0.15, -0.1) is 0 Å². The van der Waals surface area contributed by atoms with Crippen LogP contribution >= 0.6 is 0 Å². The highest BCUT2D eigenvalue weighted by atomic mass is 19.1. The average Bonchev–Trinajstić information content (AvgIpc) is 2.84. The van der Waals surface area contributed by atoms with Gasteiger partial charge in [-0.05, 0) is 61.0 Å². The summed E-state index contributed by atoms with van der Waals surface area (Å²) in [7, 11) is 2.06. The number of piperazine rings is 1. The van der Waals surface area contributed by atoms with Gasteiger partial charge in [-0.25, -0.2) is 4.39 Å². The van der Waals surface area contributed by atoms with Crippen LogP contribution in [-0.2, 0) is 17.8 Å². The number of hydrogen-bond acceptors (Lipinski definition) is 3. The molecule has 1 heterocycles. The van der Waals surface area contributed by atoms with Gasteiger partial charge in [0.25, 0.3) is 5.91 Å². The molecular weight excluding hydrogens is 429 g/mol. The van der Waals surface area contributed by atoms with E-state index in [9.17, 15) is 14.0 Å². The number of amides is 2. The van der Waals surface area contributed by atoms with Gasteiger partial charge in [-0.3, -0.25) is 9.59 Å². The van der Waals surface area contributed by atoms with Crippen molar-refractivity contribution in [1.82, 2.24) is 9.80 Å². The van der Waals surface area contributed by atoms with Gasteiger partial charge >= 0.3 is 0 Å². The van der Waals surface area contributed by atoms with Gasteiger partial charge in [0.2, 0.25) is 5.91 Å². The molecule has 34 heavy (non-hydrogen) atoms. The Hall–Kier alpha value is -3.51. The van der Waals surface area contributed by atoms with Crippen molar-refractivity contribution in [3.63, 3.8) is 0 Å². The third-order valence-electron chi connectivity index (χ3n) is 6.31. The highest BCUT2D eigenvalue weighted by Gasteiger charge is 2.22. The Morgan fingerprint density at radius 1 is 0.882 bits per heavy atom. The molecule has 176 valence electrons. The van der Waals surface area contributed by atoms with Crippen molar-refractivity contribution in [2.75, 3.05) is 38.1 Å². The molecule has 0 radical (unpaired) electrons. The second-order valence-electron chi connectivity index (χ2n) is 8.86. The van der Waals surface area contributed by atoms with E-state index in [-0.39, 0.29) is 17.6 Å². The lowest BCUT2D eigenvalue weighted by Crippen LogP contribution is -2.47. The second kappa shape index (κ2) is 10.6. The molecule has 2 amide bonds. The number of nitrogens with zero attached hydrogens (tertiary/aromatic N) is 3. The fourth-order valence-electron chi connectivity index (χ4n) is 4.19. The van der Waals surface area contributed by atoms with Gasteiger partial charge in [-0.2, -0.15) is 0 Å². The summed E-state index contributed by atoms with van der Waals surface area (Å²) in [5.74, 6) is -0.351. The number of likely N-dealkylation sites (N-methyl/N-ethyl adjacent to an activating group) is 1. The molecule has 4 rings (SSSR count). The maximum absolute atomic E-state index is 13.6. The van der Waals surface area contributed by atoms with E-state index in [0.29, 0.717) is 24.2 Å². The van der Waals surface area contributed by atoms with Crippen molar-refractivity contribution in [1.29, 1.82) is 0 Å². The lowest BCUT2D eigenvalue weighted by Gasteiger charge is -2.32. The molecule has 0 atom stereocenters. The van der Waals surface area contributed by atoms with Crippen LogP contribution in [0.2, 0.25) is 0 Å². The van der Waals surface area contributed by atoms with Crippen LogP contribution in [0.5, 0.6) is 0 Å². The molecule has 3 aromatic carbocycles. The van der Waals surface area contributed by atoms with Crippen molar-refractivity contribution >= 4 is 17.5 Å². The van der Waals surface area contributed by atoms with E-state index in [2.05, 4.69) is 11.9 Å². The normalized spacial score (nSPS) is 14.1. The van der Waals surface area contributed by atoms with Gasteiger partial charge in [-0.1, -0.05) is 42.5 Å². The molecule has 0 aromatic heterocycles. The Morgan fingerprint density at radius 2 is 1.59 bits per heavy atom. The molecule has 1 fully saturated rings. The molecule has 6 heteroatoms. The van der Waals surface area contributed by atoms with Crippen LogP contribution in [0.4, 0.5) is 10.1 Å². The third kappa shape index (κ3) is 5.69. The van der Waals surface area contributed by atoms with Crippen LogP contribution in [-0.4, -0.2) is 54.8 Å². The Morgan fingerprint density at radius 3 is 2.29 bits per heavy atom. The number of anilines is 1. The molecule has 1 saturated heterocycles. The van der Waals surface area contributed by atoms with E-state index in [1.54, 1.807) is 17.0 Å². The monoisotopic (exact) mass is 459 g/mol. The molecule has 0 spiro atoms. The smallest absolute Gasteiger partial charge is 0.258 e. The molecule has 0 saturated carbocycles. The minimum Gasteiger partial charge on any atom is -0.340 e. The number of carbonyl (C=O) groups excluding carboxylic acids is 2. The van der Waals surface area contributed by atoms with Crippen molar-refractivity contribution in [2.24, 2.45) is 0 Å². The molecule has 1 aliphatic heterocycles. The molecule has 0 bridgehead atoms. The summed E-state index contributed by atoms with van der Waals surface area (Å²) in [6.07, 6.45) is 0.292. The van der Waals surface area contributed by atoms with Crippen LogP contribution in [0.1, 0.15) is 27.0 Å². The topological polar surface area (TPSA) is 43.9 Å². The van der Waals surface area contributed by atoms with E-state index < -0.39 is 0 Å². The van der Waals surface area contributed by atoms with E-state index in [1.807, 2.05) is 60.4 Å². The van der Waals surface area contributed by atoms with Crippen molar-refractivity contribution < 1.29 is 14.0 Å². The molecule has 1 aliphatic rings. The Balaban J connectivity index is 1.60. The van der Waals surface area contributed by atoms with E-state index in [4.69, 9.17) is 0 Å². The Kier molecular flexibility index (Phi) is 7.38. The fraction of sp³-hybridized carbons (Fsp3) is 0.286. The van der Waals surface area contributed by atoms with E-state index in [1.165, 1.54) is 12.1 Å². The SMILES string of the molecule is Cc1ccccc1C(=O)N(Cc1ccc(F)cc1)c1cccc(CC(=O)N2CCN(C)CC2)c1. The summed E-state index contributed by atoms with van der Waals surface area (Å²) in [4.78, 5) is 32.3. The zero-order valence-electron chi connectivity index (χ0n) is 19.7. The number of hydrogen-bond donors (Lipinski definition) is 0. The first-order valence-electron chi connectivity index (χ1n) is 11.6. The van der Waals surface area contributed by atoms with Gasteiger partial charge < -0.3 is 14.7 Å². The summed E-state index contributed by atoms with van der Waals surface area (Å²) in [5, 5.41) is 0. The Labute approximate surface area is 200 Å². The maximum Gasteiger partial charge on any atom is 0.258 e. The maximum atomic E-state index is 13.6. The number of halogens is 1. The molecule has 0 aliphatic carbocycles. The second-order valence-corrected chi connectivity index (χ2v) is 8.86. The molecule has 0 unspecified atom stereocenters. The van der Waals surface area contributed by atoms with Crippen LogP contribution in [0.15, 0.2) is 72.8 Å². The van der Waals surface area contributed by atoms with Crippen molar-refractivity contribution in [3.05, 3.63) is 101 Å². The standard InChI is InChI=1S/C28H30FN3O2/c1-21-6-3-4-9-26(21)28(34)32(20-22-10-12-24(29)13-11-22)25-8-5-7-23(18-25)19-27(33)31-16-14-30(2)15-17-31/h3-13,18H,14-17,19-20H2,1-2H3. The minimum atomic E-state index is -0.315. The van der Waals surface area contributed by atoms with E-state index in [0.717, 1.165) is 42.9 Å². The average molecular weight is 460 g/mol. The highest BCUT2D eigenvalue weighted by molar-refractivity contribution is 6.07. The zero-order chi connectivity index (χ0) is 24.1. The minimum absolute atomic E-state index is 0.0977. The summed E-state index contributed by atoms with van der Waals surface area (Å²) in [6.45, 7) is 5.43. The zero-order valence-corrected chi connectivity index (χ0v) is 19.7. The molecule has 0 N–H and O–H groups in total. The Bertz CT molecular complexity index is 1150. The van der Waals surface area contributed by atoms with Crippen LogP contribution in [0.25, 0.3) is 0 Å². The number of benzene rings is 3. The first-order valence-corrected chi connectivity index (χ1v) is 11.6. The van der Waals surface area contributed by atoms with Gasteiger partial charge in [0.05, 0.1) is 13.0 Å². The van der Waals surface area contributed by atoms with E-state index >= 15 is 0 Å². The number of carbonyl (C=O) groups is 2. The summed E-state index contributed by atoms with van der Waals surface area (Å²) >= 11 is 0.